The molecule has 4 fully saturated rings. The van der Waals surface area contributed by atoms with Crippen molar-refractivity contribution in [2.45, 2.75) is 112 Å². The summed E-state index contributed by atoms with van der Waals surface area (Å²) in [4.78, 5) is 49.9. The summed E-state index contributed by atoms with van der Waals surface area (Å²) in [6.45, 7) is 15.4. The van der Waals surface area contributed by atoms with Crippen molar-refractivity contribution >= 4 is 23.7 Å². The summed E-state index contributed by atoms with van der Waals surface area (Å²) in [7, 11) is 0. The molecule has 42 heavy (non-hydrogen) atoms. The number of allylic oxidation sites excluding steroid dienone is 2. The van der Waals surface area contributed by atoms with Crippen molar-refractivity contribution in [3.05, 3.63) is 23.8 Å². The van der Waals surface area contributed by atoms with Crippen molar-refractivity contribution < 1.29 is 85.5 Å². The van der Waals surface area contributed by atoms with Crippen LogP contribution < -0.4 is 56.5 Å². The second-order valence-electron chi connectivity index (χ2n) is 16.0. The second kappa shape index (κ2) is 10.9. The third-order valence-corrected chi connectivity index (χ3v) is 13.6. The van der Waals surface area contributed by atoms with Crippen LogP contribution in [0.1, 0.15) is 106 Å². The van der Waals surface area contributed by atoms with E-state index in [0.29, 0.717) is 25.3 Å². The van der Waals surface area contributed by atoms with Crippen LogP contribution in [-0.2, 0) is 23.9 Å². The number of esters is 1. The Hall–Kier alpha value is -0.804. The number of carbonyl (C=O) groups excluding carboxylic acids is 3. The summed E-state index contributed by atoms with van der Waals surface area (Å²) in [5, 5.41) is 20.9. The SMILES string of the molecule is CC1(C)[C@@H](OC(=O)/C=C\C(=O)[O-])CC[C@]2(C)[C@H]3C(=O)C=C4[C@@H]5C[C@@](C)(C(=O)O)CC[C@]5(C)CC[C@@]4(C)[C@]3(C)CC[C@@H]12.[K+]. The van der Waals surface area contributed by atoms with E-state index in [1.807, 2.05) is 13.0 Å². The van der Waals surface area contributed by atoms with Crippen molar-refractivity contribution in [1.29, 1.82) is 0 Å². The summed E-state index contributed by atoms with van der Waals surface area (Å²) in [5.74, 6) is -2.62. The van der Waals surface area contributed by atoms with Crippen LogP contribution in [0.5, 0.6) is 0 Å². The molecule has 1 N–H and O–H groups in total. The first-order valence-corrected chi connectivity index (χ1v) is 15.4. The van der Waals surface area contributed by atoms with Crippen molar-refractivity contribution in [2.75, 3.05) is 0 Å². The number of carboxylic acid groups (broad SMARTS) is 2. The monoisotopic (exact) mass is 606 g/mol. The minimum atomic E-state index is -1.44. The van der Waals surface area contributed by atoms with Crippen LogP contribution in [0.15, 0.2) is 23.8 Å². The minimum absolute atomic E-state index is 0. The van der Waals surface area contributed by atoms with Crippen molar-refractivity contribution in [3.63, 3.8) is 0 Å². The molecule has 226 valence electrons. The predicted octanol–water partition coefficient (Wildman–Crippen LogP) is 2.27. The molecule has 9 atom stereocenters. The molecule has 0 aromatic carbocycles. The zero-order valence-electron chi connectivity index (χ0n) is 26.8. The molecule has 0 aliphatic heterocycles. The first-order chi connectivity index (χ1) is 18.8. The smallest absolute Gasteiger partial charge is 0.545 e. The molecule has 5 aliphatic rings. The molecule has 0 heterocycles. The Labute approximate surface area is 293 Å². The van der Waals surface area contributed by atoms with Gasteiger partial charge in [0, 0.05) is 17.4 Å². The number of hydrogen-bond donors (Lipinski definition) is 1. The molecule has 0 aromatic rings. The third kappa shape index (κ3) is 4.88. The van der Waals surface area contributed by atoms with E-state index in [9.17, 15) is 29.4 Å². The summed E-state index contributed by atoms with van der Waals surface area (Å²) < 4.78 is 5.79. The average Bonchev–Trinajstić information content (AvgIpc) is 2.86. The molecule has 4 saturated carbocycles. The molecule has 0 spiro atoms. The Kier molecular flexibility index (Phi) is 8.86. The number of hydrogen-bond acceptors (Lipinski definition) is 6. The van der Waals surface area contributed by atoms with E-state index in [4.69, 9.17) is 4.74 Å². The Bertz CT molecular complexity index is 1250. The standard InChI is InChI=1S/C34H48O7.K/c1-29(2)23-10-13-34(7)27(32(23,5)12-11-24(29)41-26(38)9-8-25(36)37)22(35)18-20-21-19-31(4,28(39)40)15-14-30(21,3)16-17-33(20,34)6;/h8-9,18,21,23-24,27H,10-17,19H2,1-7H3,(H,36,37)(H,39,40);/q;+1/p-1/b9-8-;/t21-,23-,24-,27+,30+,31-,32-,33+,34+;/m0./s1. The number of fused-ring (bicyclic) bond motifs is 7. The predicted molar refractivity (Wildman–Crippen MR) is 151 cm³/mol. The van der Waals surface area contributed by atoms with Gasteiger partial charge in [-0.15, -0.1) is 0 Å². The van der Waals surface area contributed by atoms with Gasteiger partial charge in [0.2, 0.25) is 0 Å². The van der Waals surface area contributed by atoms with Gasteiger partial charge < -0.3 is 19.7 Å². The minimum Gasteiger partial charge on any atom is -0.545 e. The number of ketones is 1. The maximum absolute atomic E-state index is 14.4. The van der Waals surface area contributed by atoms with E-state index in [-0.39, 0.29) is 103 Å². The van der Waals surface area contributed by atoms with Gasteiger partial charge in [0.15, 0.2) is 5.78 Å². The van der Waals surface area contributed by atoms with Crippen LogP contribution in [0.4, 0.5) is 0 Å². The molecule has 0 saturated heterocycles. The zero-order valence-corrected chi connectivity index (χ0v) is 29.9. The van der Waals surface area contributed by atoms with Crippen LogP contribution in [0.2, 0.25) is 0 Å². The second-order valence-corrected chi connectivity index (χ2v) is 16.0. The van der Waals surface area contributed by atoms with E-state index in [1.54, 1.807) is 0 Å². The summed E-state index contributed by atoms with van der Waals surface area (Å²) in [6.07, 6.45) is 10.5. The number of aliphatic carboxylic acids is 2. The Balaban J connectivity index is 0.00000405. The summed E-state index contributed by atoms with van der Waals surface area (Å²) in [5.41, 5.74) is -0.694. The maximum Gasteiger partial charge on any atom is 1.00 e. The van der Waals surface area contributed by atoms with Gasteiger partial charge in [-0.05, 0) is 110 Å². The number of ether oxygens (including phenoxy) is 1. The topological polar surface area (TPSA) is 121 Å². The van der Waals surface area contributed by atoms with E-state index in [2.05, 4.69) is 41.5 Å². The van der Waals surface area contributed by atoms with Gasteiger partial charge >= 0.3 is 63.3 Å². The molecule has 8 heteroatoms. The Morgan fingerprint density at radius 3 is 2.19 bits per heavy atom. The largest absolute Gasteiger partial charge is 1.00 e. The van der Waals surface area contributed by atoms with Crippen LogP contribution in [-0.4, -0.2) is 34.9 Å². The van der Waals surface area contributed by atoms with Crippen LogP contribution in [0.3, 0.4) is 0 Å². The molecule has 0 aromatic heterocycles. The number of rotatable bonds is 4. The molecule has 0 amide bonds. The Morgan fingerprint density at radius 2 is 1.57 bits per heavy atom. The average molecular weight is 607 g/mol. The fourth-order valence-electron chi connectivity index (χ4n) is 10.9. The molecular weight excluding hydrogens is 559 g/mol. The van der Waals surface area contributed by atoms with E-state index in [1.165, 1.54) is 5.57 Å². The van der Waals surface area contributed by atoms with Crippen molar-refractivity contribution in [2.24, 2.45) is 50.2 Å². The van der Waals surface area contributed by atoms with Crippen LogP contribution in [0.25, 0.3) is 0 Å². The maximum atomic E-state index is 14.4. The van der Waals surface area contributed by atoms with E-state index >= 15 is 0 Å². The van der Waals surface area contributed by atoms with Crippen molar-refractivity contribution in [3.8, 4) is 0 Å². The molecule has 0 unspecified atom stereocenters. The number of carbonyl (C=O) groups is 4. The van der Waals surface area contributed by atoms with Gasteiger partial charge in [0.05, 0.1) is 11.4 Å². The van der Waals surface area contributed by atoms with Gasteiger partial charge in [-0.25, -0.2) is 4.79 Å². The first kappa shape index (κ1) is 34.1. The quantitative estimate of drug-likeness (QED) is 0.296. The molecule has 5 aliphatic carbocycles. The zero-order chi connectivity index (χ0) is 30.4. The van der Waals surface area contributed by atoms with Crippen LogP contribution >= 0.6 is 0 Å². The molecular formula is C34H47KO7. The summed E-state index contributed by atoms with van der Waals surface area (Å²) in [6, 6.07) is 0. The normalized spacial score (nSPS) is 45.7. The van der Waals surface area contributed by atoms with Gasteiger partial charge in [0.25, 0.3) is 0 Å². The first-order valence-electron chi connectivity index (χ1n) is 15.4. The third-order valence-electron chi connectivity index (χ3n) is 13.6. The Morgan fingerprint density at radius 1 is 0.929 bits per heavy atom. The van der Waals surface area contributed by atoms with Crippen LogP contribution in [0, 0.1) is 50.2 Å². The van der Waals surface area contributed by atoms with Gasteiger partial charge in [-0.3, -0.25) is 9.59 Å². The number of carboxylic acids is 2. The fraction of sp³-hybridized carbons (Fsp3) is 0.765. The van der Waals surface area contributed by atoms with E-state index < -0.39 is 28.7 Å². The molecule has 5 rings (SSSR count). The van der Waals surface area contributed by atoms with E-state index in [0.717, 1.165) is 44.6 Å². The van der Waals surface area contributed by atoms with Gasteiger partial charge in [-0.1, -0.05) is 47.1 Å². The molecule has 7 nitrogen and oxygen atoms in total. The molecule has 0 radical (unpaired) electrons. The summed E-state index contributed by atoms with van der Waals surface area (Å²) >= 11 is 0. The van der Waals surface area contributed by atoms with Crippen molar-refractivity contribution in [1.82, 2.24) is 0 Å². The molecule has 0 bridgehead atoms. The van der Waals surface area contributed by atoms with Gasteiger partial charge in [0.1, 0.15) is 6.10 Å². The van der Waals surface area contributed by atoms with Gasteiger partial charge in [-0.2, -0.15) is 0 Å². The fourth-order valence-corrected chi connectivity index (χ4v) is 10.9.